The van der Waals surface area contributed by atoms with E-state index in [1.54, 1.807) is 6.07 Å². The first kappa shape index (κ1) is 23.6. The van der Waals surface area contributed by atoms with Crippen molar-refractivity contribution in [2.24, 2.45) is 0 Å². The van der Waals surface area contributed by atoms with Crippen LogP contribution in [0.25, 0.3) is 0 Å². The average Bonchev–Trinajstić information content (AvgIpc) is 2.77. The maximum Gasteiger partial charge on any atom is 0.471 e. The minimum Gasteiger partial charge on any atom is -0.368 e. The second-order valence-corrected chi connectivity index (χ2v) is 10.5. The number of sulfonamides is 1. The highest BCUT2D eigenvalue weighted by Crippen LogP contribution is 2.29. The van der Waals surface area contributed by atoms with Gasteiger partial charge in [0.05, 0.1) is 4.90 Å². The molecule has 4 rings (SSSR count). The number of carbonyl (C=O) groups is 1. The molecule has 0 atom stereocenters. The van der Waals surface area contributed by atoms with Crippen molar-refractivity contribution in [1.82, 2.24) is 9.21 Å². The Morgan fingerprint density at radius 3 is 2.15 bits per heavy atom. The summed E-state index contributed by atoms with van der Waals surface area (Å²) in [5.41, 5.74) is 4.60. The van der Waals surface area contributed by atoms with Gasteiger partial charge in [-0.05, 0) is 54.7 Å². The van der Waals surface area contributed by atoms with Crippen LogP contribution in [0.2, 0.25) is 0 Å². The predicted octanol–water partition coefficient (Wildman–Crippen LogP) is 3.26. The number of aryl methyl sites for hydroxylation is 2. The molecule has 178 valence electrons. The normalized spacial score (nSPS) is 17.7. The van der Waals surface area contributed by atoms with E-state index in [1.165, 1.54) is 16.4 Å². The standard InChI is InChI=1S/C23H26F3N3O3S/c1-16-4-3-5-17(2)21(16)27-10-12-29(13-11-27)33(31,32)20-7-6-18-8-9-28(15-19(18)14-20)22(30)23(24,25)26/h3-7,14H,8-13,15H2,1-2H3. The molecule has 2 aromatic rings. The van der Waals surface area contributed by atoms with Crippen LogP contribution in [-0.4, -0.2) is 62.4 Å². The van der Waals surface area contributed by atoms with Gasteiger partial charge in [-0.3, -0.25) is 4.79 Å². The maximum absolute atomic E-state index is 13.3. The molecule has 2 aromatic carbocycles. The lowest BCUT2D eigenvalue weighted by Gasteiger charge is -2.37. The fourth-order valence-electron chi connectivity index (χ4n) is 4.65. The smallest absolute Gasteiger partial charge is 0.368 e. The van der Waals surface area contributed by atoms with Crippen molar-refractivity contribution < 1.29 is 26.4 Å². The fourth-order valence-corrected chi connectivity index (χ4v) is 6.13. The second kappa shape index (κ2) is 8.64. The van der Waals surface area contributed by atoms with Crippen molar-refractivity contribution >= 4 is 21.6 Å². The molecule has 1 saturated heterocycles. The van der Waals surface area contributed by atoms with Crippen LogP contribution in [0.4, 0.5) is 18.9 Å². The Balaban J connectivity index is 1.50. The summed E-state index contributed by atoms with van der Waals surface area (Å²) < 4.78 is 66.4. The zero-order valence-corrected chi connectivity index (χ0v) is 19.3. The first-order valence-corrected chi connectivity index (χ1v) is 12.2. The van der Waals surface area contributed by atoms with E-state index in [9.17, 15) is 26.4 Å². The van der Waals surface area contributed by atoms with Crippen LogP contribution in [0.1, 0.15) is 22.3 Å². The lowest BCUT2D eigenvalue weighted by molar-refractivity contribution is -0.186. The zero-order valence-electron chi connectivity index (χ0n) is 18.5. The van der Waals surface area contributed by atoms with Crippen molar-refractivity contribution in [2.75, 3.05) is 37.6 Å². The second-order valence-electron chi connectivity index (χ2n) is 8.54. The van der Waals surface area contributed by atoms with E-state index in [-0.39, 0.29) is 24.4 Å². The van der Waals surface area contributed by atoms with Gasteiger partial charge in [0.2, 0.25) is 10.0 Å². The van der Waals surface area contributed by atoms with E-state index in [0.29, 0.717) is 31.7 Å². The fraction of sp³-hybridized carbons (Fsp3) is 0.435. The van der Waals surface area contributed by atoms with Gasteiger partial charge in [-0.1, -0.05) is 24.3 Å². The van der Waals surface area contributed by atoms with Gasteiger partial charge in [0.25, 0.3) is 0 Å². The Morgan fingerprint density at radius 1 is 0.909 bits per heavy atom. The van der Waals surface area contributed by atoms with Crippen molar-refractivity contribution in [3.63, 3.8) is 0 Å². The van der Waals surface area contributed by atoms with Crippen molar-refractivity contribution in [1.29, 1.82) is 0 Å². The number of benzene rings is 2. The number of alkyl halides is 3. The lowest BCUT2D eigenvalue weighted by atomic mass is 10.00. The van der Waals surface area contributed by atoms with Gasteiger partial charge >= 0.3 is 12.1 Å². The number of fused-ring (bicyclic) bond motifs is 1. The molecule has 1 fully saturated rings. The summed E-state index contributed by atoms with van der Waals surface area (Å²) >= 11 is 0. The van der Waals surface area contributed by atoms with Crippen molar-refractivity contribution in [2.45, 2.75) is 37.9 Å². The summed E-state index contributed by atoms with van der Waals surface area (Å²) in [6.45, 7) is 5.48. The SMILES string of the molecule is Cc1cccc(C)c1N1CCN(S(=O)(=O)c2ccc3c(c2)CN(C(=O)C(F)(F)F)CC3)CC1. The molecule has 0 aliphatic carbocycles. The van der Waals surface area contributed by atoms with Crippen molar-refractivity contribution in [3.05, 3.63) is 58.7 Å². The third-order valence-electron chi connectivity index (χ3n) is 6.35. The van der Waals surface area contributed by atoms with Crippen LogP contribution >= 0.6 is 0 Å². The van der Waals surface area contributed by atoms with E-state index in [0.717, 1.165) is 27.3 Å². The van der Waals surface area contributed by atoms with Gasteiger partial charge in [-0.15, -0.1) is 0 Å². The molecule has 0 saturated carbocycles. The molecule has 2 heterocycles. The summed E-state index contributed by atoms with van der Waals surface area (Å²) in [5, 5.41) is 0. The number of carbonyl (C=O) groups excluding carboxylic acids is 1. The quantitative estimate of drug-likeness (QED) is 0.675. The molecule has 0 radical (unpaired) electrons. The number of nitrogens with zero attached hydrogens (tertiary/aromatic N) is 3. The minimum absolute atomic E-state index is 0.0439. The van der Waals surface area contributed by atoms with Gasteiger partial charge in [0.1, 0.15) is 0 Å². The third-order valence-corrected chi connectivity index (χ3v) is 8.25. The molecule has 0 unspecified atom stereocenters. The summed E-state index contributed by atoms with van der Waals surface area (Å²) in [6.07, 6.45) is -4.69. The molecule has 0 aromatic heterocycles. The monoisotopic (exact) mass is 481 g/mol. The van der Waals surface area contributed by atoms with E-state index in [2.05, 4.69) is 4.90 Å². The molecule has 6 nitrogen and oxygen atoms in total. The van der Waals surface area contributed by atoms with Crippen LogP contribution in [0, 0.1) is 13.8 Å². The molecule has 0 bridgehead atoms. The number of rotatable bonds is 3. The van der Waals surface area contributed by atoms with Crippen LogP contribution < -0.4 is 4.90 Å². The molecular weight excluding hydrogens is 455 g/mol. The molecule has 10 heteroatoms. The number of anilines is 1. The molecule has 2 aliphatic heterocycles. The van der Waals surface area contributed by atoms with Gasteiger partial charge in [-0.25, -0.2) is 8.42 Å². The molecule has 1 amide bonds. The summed E-state index contributed by atoms with van der Waals surface area (Å²) in [7, 11) is -3.81. The van der Waals surface area contributed by atoms with E-state index in [4.69, 9.17) is 0 Å². The molecule has 0 N–H and O–H groups in total. The number of piperazine rings is 1. The van der Waals surface area contributed by atoms with Crippen LogP contribution in [0.15, 0.2) is 41.3 Å². The first-order chi connectivity index (χ1) is 15.5. The number of amides is 1. The molecule has 33 heavy (non-hydrogen) atoms. The highest BCUT2D eigenvalue weighted by Gasteiger charge is 2.43. The third kappa shape index (κ3) is 4.59. The largest absolute Gasteiger partial charge is 0.471 e. The Labute approximate surface area is 191 Å². The Morgan fingerprint density at radius 2 is 1.55 bits per heavy atom. The molecular formula is C23H26F3N3O3S. The Hall–Kier alpha value is -2.59. The summed E-state index contributed by atoms with van der Waals surface area (Å²) in [6, 6.07) is 10.6. The average molecular weight is 482 g/mol. The number of halogens is 3. The Bertz CT molecular complexity index is 1150. The van der Waals surface area contributed by atoms with Crippen LogP contribution in [-0.2, 0) is 27.8 Å². The lowest BCUT2D eigenvalue weighted by Crippen LogP contribution is -2.49. The topological polar surface area (TPSA) is 60.9 Å². The van der Waals surface area contributed by atoms with Crippen LogP contribution in [0.5, 0.6) is 0 Å². The van der Waals surface area contributed by atoms with Gasteiger partial charge in [0, 0.05) is 45.0 Å². The maximum atomic E-state index is 13.3. The number of hydrogen-bond donors (Lipinski definition) is 0. The van der Waals surface area contributed by atoms with Crippen LogP contribution in [0.3, 0.4) is 0 Å². The zero-order chi connectivity index (χ0) is 24.0. The number of hydrogen-bond acceptors (Lipinski definition) is 4. The summed E-state index contributed by atoms with van der Waals surface area (Å²) in [4.78, 5) is 14.6. The highest BCUT2D eigenvalue weighted by molar-refractivity contribution is 7.89. The van der Waals surface area contributed by atoms with E-state index in [1.807, 2.05) is 32.0 Å². The predicted molar refractivity (Wildman–Crippen MR) is 119 cm³/mol. The minimum atomic E-state index is -4.95. The van der Waals surface area contributed by atoms with Gasteiger partial charge in [-0.2, -0.15) is 17.5 Å². The van der Waals surface area contributed by atoms with E-state index < -0.39 is 22.1 Å². The molecule has 0 spiro atoms. The highest BCUT2D eigenvalue weighted by atomic mass is 32.2. The first-order valence-electron chi connectivity index (χ1n) is 10.8. The molecule has 2 aliphatic rings. The summed E-state index contributed by atoms with van der Waals surface area (Å²) in [5.74, 6) is -1.90. The van der Waals surface area contributed by atoms with E-state index >= 15 is 0 Å². The number of para-hydroxylation sites is 1. The van der Waals surface area contributed by atoms with Gasteiger partial charge < -0.3 is 9.80 Å². The van der Waals surface area contributed by atoms with Gasteiger partial charge in [0.15, 0.2) is 0 Å². The Kier molecular flexibility index (Phi) is 6.17. The van der Waals surface area contributed by atoms with Crippen molar-refractivity contribution in [3.8, 4) is 0 Å².